The van der Waals surface area contributed by atoms with E-state index in [9.17, 15) is 5.21 Å². The molecule has 1 aliphatic heterocycles. The van der Waals surface area contributed by atoms with Crippen LogP contribution in [0.2, 0.25) is 0 Å². The first-order valence-corrected chi connectivity index (χ1v) is 6.19. The summed E-state index contributed by atoms with van der Waals surface area (Å²) in [4.78, 5) is 0. The molecule has 3 N–H and O–H groups in total. The summed E-state index contributed by atoms with van der Waals surface area (Å²) in [6.45, 7) is 4.45. The van der Waals surface area contributed by atoms with Crippen molar-refractivity contribution in [3.8, 4) is 0 Å². The Morgan fingerprint density at radius 1 is 0.938 bits per heavy atom. The van der Waals surface area contributed by atoms with Crippen LogP contribution in [-0.2, 0) is 0 Å². The zero-order valence-corrected chi connectivity index (χ0v) is 10.4. The number of nitrogens with zero attached hydrogens (tertiary/aromatic N) is 1. The summed E-state index contributed by atoms with van der Waals surface area (Å²) in [5.74, 6) is 0. The second kappa shape index (κ2) is 5.45. The van der Waals surface area contributed by atoms with Gasteiger partial charge in [0.15, 0.2) is 0 Å². The predicted octanol–water partition coefficient (Wildman–Crippen LogP) is 1.53. The van der Waals surface area contributed by atoms with Crippen molar-refractivity contribution < 1.29 is 15.4 Å². The highest BCUT2D eigenvalue weighted by Crippen LogP contribution is 2.44. The molecule has 1 fully saturated rings. The molecule has 0 amide bonds. The lowest BCUT2D eigenvalue weighted by molar-refractivity contribution is -0.207. The molecule has 0 spiro atoms. The average Bonchev–Trinajstić information content (AvgIpc) is 2.51. The van der Waals surface area contributed by atoms with Gasteiger partial charge in [0.05, 0.1) is 0 Å². The van der Waals surface area contributed by atoms with Crippen molar-refractivity contribution in [1.29, 1.82) is 0 Å². The standard InChI is InChI=1S/C12H25NO3/c1-11(5-3-9-14)7-8-12(2,13(11)16)6-4-10-15/h14-16H,3-10H2,1-2H3/t11-,12-/m1/s1. The Kier molecular flexibility index (Phi) is 4.73. The maximum atomic E-state index is 10.3. The van der Waals surface area contributed by atoms with Crippen LogP contribution in [0.15, 0.2) is 0 Å². The quantitative estimate of drug-likeness (QED) is 0.649. The maximum absolute atomic E-state index is 10.3. The number of hydrogen-bond donors (Lipinski definition) is 3. The first-order valence-electron chi connectivity index (χ1n) is 6.19. The number of hydroxylamine groups is 2. The minimum atomic E-state index is -0.215. The van der Waals surface area contributed by atoms with E-state index in [4.69, 9.17) is 10.2 Å². The molecule has 0 aromatic carbocycles. The maximum Gasteiger partial charge on any atom is 0.0440 e. The molecular weight excluding hydrogens is 206 g/mol. The summed E-state index contributed by atoms with van der Waals surface area (Å²) in [5.41, 5.74) is -0.431. The van der Waals surface area contributed by atoms with Gasteiger partial charge in [-0.15, -0.1) is 0 Å². The minimum absolute atomic E-state index is 0.177. The molecule has 4 heteroatoms. The molecule has 96 valence electrons. The average molecular weight is 231 g/mol. The van der Waals surface area contributed by atoms with Crippen molar-refractivity contribution >= 4 is 0 Å². The smallest absolute Gasteiger partial charge is 0.0440 e. The van der Waals surface area contributed by atoms with E-state index in [1.165, 1.54) is 5.06 Å². The van der Waals surface area contributed by atoms with E-state index < -0.39 is 0 Å². The Morgan fingerprint density at radius 3 is 1.62 bits per heavy atom. The summed E-state index contributed by atoms with van der Waals surface area (Å²) in [5, 5.41) is 29.5. The second-order valence-corrected chi connectivity index (χ2v) is 5.46. The lowest BCUT2D eigenvalue weighted by atomic mass is 9.92. The van der Waals surface area contributed by atoms with Crippen molar-refractivity contribution in [3.63, 3.8) is 0 Å². The van der Waals surface area contributed by atoms with Gasteiger partial charge in [-0.25, -0.2) is 0 Å². The molecule has 0 aliphatic carbocycles. The molecule has 1 saturated heterocycles. The van der Waals surface area contributed by atoms with E-state index in [1.54, 1.807) is 0 Å². The summed E-state index contributed by atoms with van der Waals surface area (Å²) in [6, 6.07) is 0. The normalized spacial score (nSPS) is 35.8. The van der Waals surface area contributed by atoms with Crippen molar-refractivity contribution in [2.75, 3.05) is 13.2 Å². The fourth-order valence-corrected chi connectivity index (χ4v) is 2.78. The summed E-state index contributed by atoms with van der Waals surface area (Å²) >= 11 is 0. The Bertz CT molecular complexity index is 202. The molecule has 1 aliphatic rings. The first-order chi connectivity index (χ1) is 7.48. The zero-order valence-electron chi connectivity index (χ0n) is 10.4. The first kappa shape index (κ1) is 13.9. The number of rotatable bonds is 6. The molecule has 2 atom stereocenters. The van der Waals surface area contributed by atoms with Gasteiger partial charge in [0, 0.05) is 24.3 Å². The van der Waals surface area contributed by atoms with E-state index in [2.05, 4.69) is 0 Å². The van der Waals surface area contributed by atoms with Crippen LogP contribution >= 0.6 is 0 Å². The molecule has 16 heavy (non-hydrogen) atoms. The summed E-state index contributed by atoms with van der Waals surface area (Å²) in [6.07, 6.45) is 4.98. The SMILES string of the molecule is C[C@@]1(CCCO)CC[C@@](C)(CCCO)N1O. The molecule has 0 saturated carbocycles. The van der Waals surface area contributed by atoms with Crippen LogP contribution in [0.25, 0.3) is 0 Å². The van der Waals surface area contributed by atoms with Crippen LogP contribution in [0.3, 0.4) is 0 Å². The van der Waals surface area contributed by atoms with Gasteiger partial charge < -0.3 is 15.4 Å². The lowest BCUT2D eigenvalue weighted by Gasteiger charge is -2.39. The Morgan fingerprint density at radius 2 is 1.31 bits per heavy atom. The monoisotopic (exact) mass is 231 g/mol. The highest BCUT2D eigenvalue weighted by atomic mass is 16.5. The van der Waals surface area contributed by atoms with Gasteiger partial charge >= 0.3 is 0 Å². The summed E-state index contributed by atoms with van der Waals surface area (Å²) in [7, 11) is 0. The van der Waals surface area contributed by atoms with E-state index in [1.807, 2.05) is 13.8 Å². The van der Waals surface area contributed by atoms with Crippen LogP contribution in [0, 0.1) is 0 Å². The topological polar surface area (TPSA) is 63.9 Å². The highest BCUT2D eigenvalue weighted by molar-refractivity contribution is 5.00. The fraction of sp³-hybridized carbons (Fsp3) is 1.00. The molecule has 4 nitrogen and oxygen atoms in total. The molecule has 0 aromatic rings. The highest BCUT2D eigenvalue weighted by Gasteiger charge is 2.48. The number of aliphatic hydroxyl groups excluding tert-OH is 2. The van der Waals surface area contributed by atoms with Gasteiger partial charge in [-0.2, -0.15) is 5.06 Å². The molecule has 0 radical (unpaired) electrons. The van der Waals surface area contributed by atoms with Crippen molar-refractivity contribution in [2.24, 2.45) is 0 Å². The molecule has 0 unspecified atom stereocenters. The van der Waals surface area contributed by atoms with Crippen molar-refractivity contribution in [1.82, 2.24) is 5.06 Å². The van der Waals surface area contributed by atoms with Gasteiger partial charge in [0.1, 0.15) is 0 Å². The van der Waals surface area contributed by atoms with E-state index >= 15 is 0 Å². The Balaban J connectivity index is 2.60. The molecule has 0 aromatic heterocycles. The van der Waals surface area contributed by atoms with Crippen molar-refractivity contribution in [3.05, 3.63) is 0 Å². The van der Waals surface area contributed by atoms with Gasteiger partial charge in [0.25, 0.3) is 0 Å². The summed E-state index contributed by atoms with van der Waals surface area (Å²) < 4.78 is 0. The molecular formula is C12H25NO3. The van der Waals surface area contributed by atoms with E-state index in [0.29, 0.717) is 0 Å². The Hall–Kier alpha value is -0.160. The lowest BCUT2D eigenvalue weighted by Crippen LogP contribution is -2.49. The second-order valence-electron chi connectivity index (χ2n) is 5.46. The van der Waals surface area contributed by atoms with Crippen LogP contribution in [0.4, 0.5) is 0 Å². The third kappa shape index (κ3) is 2.74. The minimum Gasteiger partial charge on any atom is -0.396 e. The third-order valence-corrected chi connectivity index (χ3v) is 3.97. The van der Waals surface area contributed by atoms with Crippen LogP contribution < -0.4 is 0 Å². The van der Waals surface area contributed by atoms with Crippen LogP contribution in [0.5, 0.6) is 0 Å². The van der Waals surface area contributed by atoms with Gasteiger partial charge in [-0.3, -0.25) is 0 Å². The fourth-order valence-electron chi connectivity index (χ4n) is 2.78. The number of hydrogen-bond acceptors (Lipinski definition) is 4. The van der Waals surface area contributed by atoms with E-state index in [-0.39, 0.29) is 24.3 Å². The van der Waals surface area contributed by atoms with Gasteiger partial charge in [0.2, 0.25) is 0 Å². The van der Waals surface area contributed by atoms with E-state index in [0.717, 1.165) is 38.5 Å². The van der Waals surface area contributed by atoms with Crippen molar-refractivity contribution in [2.45, 2.75) is 63.5 Å². The van der Waals surface area contributed by atoms with Gasteiger partial charge in [-0.05, 0) is 52.4 Å². The van der Waals surface area contributed by atoms with Crippen LogP contribution in [0.1, 0.15) is 52.4 Å². The molecule has 1 heterocycles. The third-order valence-electron chi connectivity index (χ3n) is 3.97. The predicted molar refractivity (Wildman–Crippen MR) is 62.3 cm³/mol. The Labute approximate surface area is 97.8 Å². The van der Waals surface area contributed by atoms with Crippen LogP contribution in [-0.4, -0.2) is 44.8 Å². The largest absolute Gasteiger partial charge is 0.396 e. The molecule has 0 bridgehead atoms. The zero-order chi connectivity index (χ0) is 12.2. The van der Waals surface area contributed by atoms with Gasteiger partial charge in [-0.1, -0.05) is 0 Å². The number of aliphatic hydroxyl groups is 2. The molecule has 1 rings (SSSR count).